The van der Waals surface area contributed by atoms with Crippen LogP contribution in [0.2, 0.25) is 0 Å². The number of nitrogens with zero attached hydrogens (tertiary/aromatic N) is 1. The largest absolute Gasteiger partial charge is 0.397 e. The zero-order valence-corrected chi connectivity index (χ0v) is 14.0. The molecule has 0 unspecified atom stereocenters. The van der Waals surface area contributed by atoms with Crippen molar-refractivity contribution in [3.05, 3.63) is 18.0 Å². The normalized spacial score (nSPS) is 21.2. The highest BCUT2D eigenvalue weighted by molar-refractivity contribution is 5.94. The predicted octanol–water partition coefficient (Wildman–Crippen LogP) is 3.42. The number of aryl methyl sites for hydroxylation is 1. The number of anilines is 1. The molecule has 1 fully saturated rings. The molecule has 1 aromatic heterocycles. The molecule has 0 atom stereocenters. The van der Waals surface area contributed by atoms with E-state index >= 15 is 0 Å². The Morgan fingerprint density at radius 1 is 1.33 bits per heavy atom. The summed E-state index contributed by atoms with van der Waals surface area (Å²) in [6.45, 7) is 11.9. The van der Waals surface area contributed by atoms with Crippen molar-refractivity contribution in [3.63, 3.8) is 0 Å². The minimum atomic E-state index is -0.00736. The van der Waals surface area contributed by atoms with Gasteiger partial charge >= 0.3 is 0 Å². The van der Waals surface area contributed by atoms with Crippen molar-refractivity contribution in [2.45, 2.75) is 66.5 Å². The van der Waals surface area contributed by atoms with Crippen molar-refractivity contribution < 1.29 is 4.79 Å². The second kappa shape index (κ2) is 5.39. The minimum Gasteiger partial charge on any atom is -0.397 e. The molecule has 0 bridgehead atoms. The molecule has 1 aromatic rings. The van der Waals surface area contributed by atoms with Crippen LogP contribution in [0.15, 0.2) is 12.3 Å². The maximum atomic E-state index is 12.5. The lowest BCUT2D eigenvalue weighted by atomic mass is 9.63. The van der Waals surface area contributed by atoms with E-state index in [2.05, 4.69) is 33.0 Å². The summed E-state index contributed by atoms with van der Waals surface area (Å²) in [4.78, 5) is 12.5. The molecule has 1 aliphatic rings. The molecule has 0 aliphatic heterocycles. The second-order valence-electron chi connectivity index (χ2n) is 8.03. The van der Waals surface area contributed by atoms with Crippen LogP contribution in [0, 0.1) is 10.8 Å². The van der Waals surface area contributed by atoms with Gasteiger partial charge in [0.2, 0.25) is 0 Å². The molecule has 118 valence electrons. The van der Waals surface area contributed by atoms with E-state index in [4.69, 9.17) is 5.73 Å². The van der Waals surface area contributed by atoms with E-state index in [1.165, 1.54) is 6.42 Å². The molecule has 0 saturated heterocycles. The highest BCUT2D eigenvalue weighted by Crippen LogP contribution is 2.45. The monoisotopic (exact) mass is 291 g/mol. The Morgan fingerprint density at radius 2 is 1.90 bits per heavy atom. The number of aromatic nitrogens is 1. The predicted molar refractivity (Wildman–Crippen MR) is 87.2 cm³/mol. The average molecular weight is 291 g/mol. The summed E-state index contributed by atoms with van der Waals surface area (Å²) < 4.78 is 1.91. The molecule has 1 aliphatic carbocycles. The lowest BCUT2D eigenvalue weighted by Gasteiger charge is -2.45. The molecule has 1 heterocycles. The van der Waals surface area contributed by atoms with E-state index in [9.17, 15) is 4.79 Å². The van der Waals surface area contributed by atoms with Gasteiger partial charge < -0.3 is 15.6 Å². The van der Waals surface area contributed by atoms with Crippen LogP contribution in [0.3, 0.4) is 0 Å². The quantitative estimate of drug-likeness (QED) is 0.896. The van der Waals surface area contributed by atoms with Crippen molar-refractivity contribution in [2.75, 3.05) is 5.73 Å². The minimum absolute atomic E-state index is 0.00736. The molecule has 1 amide bonds. The first-order valence-corrected chi connectivity index (χ1v) is 7.88. The number of hydrogen-bond acceptors (Lipinski definition) is 2. The SMILES string of the molecule is CCn1cc(N)cc1C(=O)NC1CC(C)(C)CC(C)(C)C1. The highest BCUT2D eigenvalue weighted by atomic mass is 16.2. The fourth-order valence-corrected chi connectivity index (χ4v) is 4.19. The topological polar surface area (TPSA) is 60.0 Å². The van der Waals surface area contributed by atoms with Crippen LogP contribution < -0.4 is 11.1 Å². The summed E-state index contributed by atoms with van der Waals surface area (Å²) in [5.74, 6) is -0.00736. The van der Waals surface area contributed by atoms with Gasteiger partial charge in [0.05, 0.1) is 5.69 Å². The maximum absolute atomic E-state index is 12.5. The fraction of sp³-hybridized carbons (Fsp3) is 0.706. The van der Waals surface area contributed by atoms with Crippen LogP contribution in [0.25, 0.3) is 0 Å². The highest BCUT2D eigenvalue weighted by Gasteiger charge is 2.39. The van der Waals surface area contributed by atoms with Gasteiger partial charge in [0.15, 0.2) is 0 Å². The van der Waals surface area contributed by atoms with Crippen molar-refractivity contribution in [2.24, 2.45) is 10.8 Å². The summed E-state index contributed by atoms with van der Waals surface area (Å²) in [5, 5.41) is 3.22. The van der Waals surface area contributed by atoms with Gasteiger partial charge in [0, 0.05) is 18.8 Å². The molecule has 1 saturated carbocycles. The zero-order valence-electron chi connectivity index (χ0n) is 14.0. The van der Waals surface area contributed by atoms with Gasteiger partial charge in [-0.3, -0.25) is 4.79 Å². The van der Waals surface area contributed by atoms with E-state index in [1.54, 1.807) is 6.07 Å². The van der Waals surface area contributed by atoms with E-state index < -0.39 is 0 Å². The molecule has 0 spiro atoms. The van der Waals surface area contributed by atoms with Gasteiger partial charge in [0.25, 0.3) is 5.91 Å². The van der Waals surface area contributed by atoms with Gasteiger partial charge in [0.1, 0.15) is 5.69 Å². The van der Waals surface area contributed by atoms with E-state index in [0.29, 0.717) is 11.4 Å². The lowest BCUT2D eigenvalue weighted by molar-refractivity contribution is 0.0708. The third kappa shape index (κ3) is 3.80. The molecule has 0 aromatic carbocycles. The molecule has 2 rings (SSSR count). The molecule has 3 N–H and O–H groups in total. The number of hydrogen-bond donors (Lipinski definition) is 2. The molecular weight excluding hydrogens is 262 g/mol. The van der Waals surface area contributed by atoms with Crippen LogP contribution >= 0.6 is 0 Å². The van der Waals surface area contributed by atoms with Gasteiger partial charge in [-0.25, -0.2) is 0 Å². The van der Waals surface area contributed by atoms with Gasteiger partial charge in [-0.05, 0) is 43.1 Å². The number of amides is 1. The number of carbonyl (C=O) groups is 1. The smallest absolute Gasteiger partial charge is 0.268 e. The molecular formula is C17H29N3O. The first-order chi connectivity index (χ1) is 9.62. The summed E-state index contributed by atoms with van der Waals surface area (Å²) in [5.41, 5.74) is 7.66. The Labute approximate surface area is 128 Å². The van der Waals surface area contributed by atoms with Gasteiger partial charge in [-0.15, -0.1) is 0 Å². The molecule has 21 heavy (non-hydrogen) atoms. The molecule has 4 nitrogen and oxygen atoms in total. The Balaban J connectivity index is 2.12. The van der Waals surface area contributed by atoms with Crippen LogP contribution in [0.1, 0.15) is 64.4 Å². The summed E-state index contributed by atoms with van der Waals surface area (Å²) >= 11 is 0. The molecule has 0 radical (unpaired) electrons. The van der Waals surface area contributed by atoms with E-state index in [0.717, 1.165) is 19.4 Å². The van der Waals surface area contributed by atoms with Crippen LogP contribution in [0.4, 0.5) is 5.69 Å². The van der Waals surface area contributed by atoms with E-state index in [1.807, 2.05) is 17.7 Å². The van der Waals surface area contributed by atoms with Crippen molar-refractivity contribution >= 4 is 11.6 Å². The lowest BCUT2D eigenvalue weighted by Crippen LogP contribution is -2.46. The van der Waals surface area contributed by atoms with Gasteiger partial charge in [-0.2, -0.15) is 0 Å². The zero-order chi connectivity index (χ0) is 15.8. The maximum Gasteiger partial charge on any atom is 0.268 e. The van der Waals surface area contributed by atoms with Crippen LogP contribution in [0.5, 0.6) is 0 Å². The van der Waals surface area contributed by atoms with Crippen molar-refractivity contribution in [1.29, 1.82) is 0 Å². The number of rotatable bonds is 3. The first kappa shape index (κ1) is 15.9. The Morgan fingerprint density at radius 3 is 2.43 bits per heavy atom. The standard InChI is InChI=1S/C17H29N3O/c1-6-20-10-12(18)7-14(20)15(21)19-13-8-16(2,3)11-17(4,5)9-13/h7,10,13H,6,8-9,11,18H2,1-5H3,(H,19,21). The van der Waals surface area contributed by atoms with Crippen LogP contribution in [-0.4, -0.2) is 16.5 Å². The summed E-state index contributed by atoms with van der Waals surface area (Å²) in [6.07, 6.45) is 5.09. The fourth-order valence-electron chi connectivity index (χ4n) is 4.19. The summed E-state index contributed by atoms with van der Waals surface area (Å²) in [6, 6.07) is 2.00. The first-order valence-electron chi connectivity index (χ1n) is 7.88. The number of nitrogens with one attached hydrogen (secondary N) is 1. The Kier molecular flexibility index (Phi) is 4.09. The number of nitrogens with two attached hydrogens (primary N) is 1. The third-order valence-electron chi connectivity index (χ3n) is 4.38. The second-order valence-corrected chi connectivity index (χ2v) is 8.03. The van der Waals surface area contributed by atoms with Crippen LogP contribution in [-0.2, 0) is 6.54 Å². The summed E-state index contributed by atoms with van der Waals surface area (Å²) in [7, 11) is 0. The number of carbonyl (C=O) groups excluding carboxylic acids is 1. The average Bonchev–Trinajstić information content (AvgIpc) is 2.66. The Bertz CT molecular complexity index is 512. The van der Waals surface area contributed by atoms with E-state index in [-0.39, 0.29) is 22.8 Å². The van der Waals surface area contributed by atoms with Crippen molar-refractivity contribution in [3.8, 4) is 0 Å². The number of nitrogen functional groups attached to an aromatic ring is 1. The van der Waals surface area contributed by atoms with Gasteiger partial charge in [-0.1, -0.05) is 27.7 Å². The third-order valence-corrected chi connectivity index (χ3v) is 4.38. The van der Waals surface area contributed by atoms with Crippen molar-refractivity contribution in [1.82, 2.24) is 9.88 Å². The Hall–Kier alpha value is -1.45. The molecule has 4 heteroatoms.